The second kappa shape index (κ2) is 7.24. The predicted molar refractivity (Wildman–Crippen MR) is 111 cm³/mol. The summed E-state index contributed by atoms with van der Waals surface area (Å²) < 4.78 is 28.4. The number of sulfonamides is 1. The third-order valence-corrected chi connectivity index (χ3v) is 7.34. The van der Waals surface area contributed by atoms with E-state index in [4.69, 9.17) is 0 Å². The molecule has 148 valence electrons. The molecule has 0 radical (unpaired) electrons. The number of anilines is 2. The van der Waals surface area contributed by atoms with E-state index in [1.54, 1.807) is 24.3 Å². The van der Waals surface area contributed by atoms with E-state index in [0.717, 1.165) is 61.0 Å². The molecule has 4 rings (SSSR count). The van der Waals surface area contributed by atoms with Crippen molar-refractivity contribution in [2.75, 3.05) is 16.2 Å². The van der Waals surface area contributed by atoms with Gasteiger partial charge in [0.1, 0.15) is 0 Å². The molecule has 1 heterocycles. The van der Waals surface area contributed by atoms with E-state index in [1.165, 1.54) is 0 Å². The van der Waals surface area contributed by atoms with Gasteiger partial charge in [-0.3, -0.25) is 9.52 Å². The van der Waals surface area contributed by atoms with Crippen LogP contribution in [0.1, 0.15) is 42.4 Å². The molecular formula is C22H26N2O3S. The van der Waals surface area contributed by atoms with Crippen molar-refractivity contribution in [2.45, 2.75) is 50.8 Å². The Hall–Kier alpha value is -2.34. The van der Waals surface area contributed by atoms with E-state index in [2.05, 4.69) is 4.72 Å². The first-order valence-corrected chi connectivity index (χ1v) is 11.4. The van der Waals surface area contributed by atoms with Gasteiger partial charge in [0, 0.05) is 23.8 Å². The molecule has 1 amide bonds. The Labute approximate surface area is 166 Å². The third-order valence-electron chi connectivity index (χ3n) is 5.96. The van der Waals surface area contributed by atoms with E-state index in [1.807, 2.05) is 30.9 Å². The smallest absolute Gasteiger partial charge is 0.261 e. The Morgan fingerprint density at radius 3 is 2.50 bits per heavy atom. The van der Waals surface area contributed by atoms with Crippen LogP contribution in [-0.4, -0.2) is 20.9 Å². The van der Waals surface area contributed by atoms with Gasteiger partial charge in [0.15, 0.2) is 0 Å². The molecule has 1 N–H and O–H groups in total. The minimum atomic E-state index is -3.68. The largest absolute Gasteiger partial charge is 0.312 e. The van der Waals surface area contributed by atoms with Crippen molar-refractivity contribution >= 4 is 27.3 Å². The lowest BCUT2D eigenvalue weighted by Crippen LogP contribution is -2.41. The fraction of sp³-hybridized carbons (Fsp3) is 0.409. The monoisotopic (exact) mass is 398 g/mol. The maximum Gasteiger partial charge on any atom is 0.261 e. The predicted octanol–water partition coefficient (Wildman–Crippen LogP) is 4.18. The van der Waals surface area contributed by atoms with Crippen LogP contribution in [0.15, 0.2) is 41.3 Å². The fourth-order valence-electron chi connectivity index (χ4n) is 3.86. The number of nitrogens with one attached hydrogen (secondary N) is 1. The molecule has 0 atom stereocenters. The highest BCUT2D eigenvalue weighted by atomic mass is 32.2. The molecule has 5 nitrogen and oxygen atoms in total. The number of hydrogen-bond donors (Lipinski definition) is 1. The Bertz CT molecular complexity index is 1030. The van der Waals surface area contributed by atoms with Crippen molar-refractivity contribution in [3.63, 3.8) is 0 Å². The number of hydrogen-bond acceptors (Lipinski definition) is 3. The highest BCUT2D eigenvalue weighted by Crippen LogP contribution is 2.35. The number of rotatable bonds is 4. The summed E-state index contributed by atoms with van der Waals surface area (Å²) in [6, 6.07) is 10.6. The van der Waals surface area contributed by atoms with Crippen LogP contribution >= 0.6 is 0 Å². The van der Waals surface area contributed by atoms with E-state index in [9.17, 15) is 13.2 Å². The average Bonchev–Trinajstić information content (AvgIpc) is 2.62. The topological polar surface area (TPSA) is 66.5 Å². The van der Waals surface area contributed by atoms with Gasteiger partial charge in [-0.25, -0.2) is 8.42 Å². The molecular weight excluding hydrogens is 372 g/mol. The van der Waals surface area contributed by atoms with E-state index in [0.29, 0.717) is 5.69 Å². The lowest BCUT2D eigenvalue weighted by Gasteiger charge is -2.35. The fourth-order valence-corrected chi connectivity index (χ4v) is 4.96. The first kappa shape index (κ1) is 19.0. The van der Waals surface area contributed by atoms with Crippen LogP contribution in [0.4, 0.5) is 11.4 Å². The van der Waals surface area contributed by atoms with Crippen molar-refractivity contribution in [1.29, 1.82) is 0 Å². The zero-order valence-corrected chi connectivity index (χ0v) is 17.2. The number of carbonyl (C=O) groups excluding carboxylic acids is 1. The molecule has 2 aromatic rings. The average molecular weight is 399 g/mol. The van der Waals surface area contributed by atoms with Crippen LogP contribution in [0, 0.1) is 19.8 Å². The molecule has 0 unspecified atom stereocenters. The molecule has 0 saturated heterocycles. The van der Waals surface area contributed by atoms with Crippen LogP contribution < -0.4 is 9.62 Å². The zero-order chi connectivity index (χ0) is 19.9. The summed E-state index contributed by atoms with van der Waals surface area (Å²) in [5.74, 6) is 0.330. The third kappa shape index (κ3) is 3.53. The van der Waals surface area contributed by atoms with Crippen molar-refractivity contribution < 1.29 is 13.2 Å². The minimum absolute atomic E-state index is 0.140. The summed E-state index contributed by atoms with van der Waals surface area (Å²) >= 11 is 0. The van der Waals surface area contributed by atoms with Crippen LogP contribution in [0.3, 0.4) is 0 Å². The van der Waals surface area contributed by atoms with Gasteiger partial charge in [-0.1, -0.05) is 12.5 Å². The first-order valence-electron chi connectivity index (χ1n) is 9.89. The van der Waals surface area contributed by atoms with Crippen molar-refractivity contribution in [3.8, 4) is 0 Å². The van der Waals surface area contributed by atoms with Crippen LogP contribution in [-0.2, 0) is 21.2 Å². The van der Waals surface area contributed by atoms with Crippen molar-refractivity contribution in [3.05, 3.63) is 53.1 Å². The van der Waals surface area contributed by atoms with Gasteiger partial charge in [-0.15, -0.1) is 0 Å². The molecule has 1 aliphatic heterocycles. The first-order chi connectivity index (χ1) is 13.3. The highest BCUT2D eigenvalue weighted by Gasteiger charge is 2.32. The lowest BCUT2D eigenvalue weighted by atomic mass is 9.83. The van der Waals surface area contributed by atoms with Crippen LogP contribution in [0.25, 0.3) is 0 Å². The van der Waals surface area contributed by atoms with E-state index < -0.39 is 10.0 Å². The van der Waals surface area contributed by atoms with Gasteiger partial charge >= 0.3 is 0 Å². The SMILES string of the molecule is Cc1ccc(NS(=O)(=O)c2ccc3c(c2)CCCN3C(=O)C2CCC2)cc1C. The number of amides is 1. The molecule has 0 bridgehead atoms. The maximum absolute atomic E-state index is 12.9. The van der Waals surface area contributed by atoms with Gasteiger partial charge in [-0.05, 0) is 86.6 Å². The number of fused-ring (bicyclic) bond motifs is 1. The molecule has 2 aliphatic rings. The Kier molecular flexibility index (Phi) is 4.91. The number of benzene rings is 2. The number of carbonyl (C=O) groups is 1. The normalized spacial score (nSPS) is 17.0. The molecule has 6 heteroatoms. The van der Waals surface area contributed by atoms with Gasteiger partial charge in [0.25, 0.3) is 10.0 Å². The molecule has 28 heavy (non-hydrogen) atoms. The summed E-state index contributed by atoms with van der Waals surface area (Å²) in [6.07, 6.45) is 4.71. The Morgan fingerprint density at radius 2 is 1.82 bits per heavy atom. The Balaban J connectivity index is 1.60. The molecule has 0 spiro atoms. The minimum Gasteiger partial charge on any atom is -0.312 e. The van der Waals surface area contributed by atoms with Crippen LogP contribution in [0.5, 0.6) is 0 Å². The van der Waals surface area contributed by atoms with E-state index >= 15 is 0 Å². The summed E-state index contributed by atoms with van der Waals surface area (Å²) in [6.45, 7) is 4.67. The summed E-state index contributed by atoms with van der Waals surface area (Å²) in [5.41, 5.74) is 4.52. The van der Waals surface area contributed by atoms with Gasteiger partial charge < -0.3 is 4.90 Å². The lowest BCUT2D eigenvalue weighted by molar-refractivity contribution is -0.124. The van der Waals surface area contributed by atoms with Gasteiger partial charge in [0.05, 0.1) is 4.90 Å². The van der Waals surface area contributed by atoms with Crippen molar-refractivity contribution in [2.24, 2.45) is 5.92 Å². The molecule has 1 fully saturated rings. The second-order valence-electron chi connectivity index (χ2n) is 7.92. The van der Waals surface area contributed by atoms with Gasteiger partial charge in [-0.2, -0.15) is 0 Å². The molecule has 0 aromatic heterocycles. The molecule has 2 aromatic carbocycles. The molecule has 1 saturated carbocycles. The summed E-state index contributed by atoms with van der Waals surface area (Å²) in [5, 5.41) is 0. The maximum atomic E-state index is 12.9. The Morgan fingerprint density at radius 1 is 1.04 bits per heavy atom. The second-order valence-corrected chi connectivity index (χ2v) is 9.60. The van der Waals surface area contributed by atoms with E-state index in [-0.39, 0.29) is 16.7 Å². The standard InChI is InChI=1S/C22H26N2O3S/c1-15-8-9-19(13-16(15)2)23-28(26,27)20-10-11-21-18(14-20)7-4-12-24(21)22(25)17-5-3-6-17/h8-11,13-14,17,23H,3-7,12H2,1-2H3. The van der Waals surface area contributed by atoms with Gasteiger partial charge in [0.2, 0.25) is 5.91 Å². The van der Waals surface area contributed by atoms with Crippen LogP contribution in [0.2, 0.25) is 0 Å². The molecule has 1 aliphatic carbocycles. The quantitative estimate of drug-likeness (QED) is 0.840. The summed E-state index contributed by atoms with van der Waals surface area (Å²) in [7, 11) is -3.68. The van der Waals surface area contributed by atoms with Crippen molar-refractivity contribution in [1.82, 2.24) is 0 Å². The highest BCUT2D eigenvalue weighted by molar-refractivity contribution is 7.92. The number of aryl methyl sites for hydroxylation is 3. The number of nitrogens with zero attached hydrogens (tertiary/aromatic N) is 1. The summed E-state index contributed by atoms with van der Waals surface area (Å²) in [4.78, 5) is 14.8. The zero-order valence-electron chi connectivity index (χ0n) is 16.4.